The van der Waals surface area contributed by atoms with Crippen LogP contribution in [0, 0.1) is 17.2 Å². The summed E-state index contributed by atoms with van der Waals surface area (Å²) in [6, 6.07) is 5.89. The number of fused-ring (bicyclic) bond motifs is 1. The molecule has 0 saturated carbocycles. The molecule has 1 saturated heterocycles. The Morgan fingerprint density at radius 2 is 1.90 bits per heavy atom. The van der Waals surface area contributed by atoms with Gasteiger partial charge in [0.15, 0.2) is 11.5 Å². The fraction of sp³-hybridized carbons (Fsp3) is 0.474. The zero-order chi connectivity index (χ0) is 21.0. The largest absolute Gasteiger partial charge is 0.493 e. The summed E-state index contributed by atoms with van der Waals surface area (Å²) >= 11 is 0. The molecule has 1 aromatic heterocycles. The second kappa shape index (κ2) is 8.82. The van der Waals surface area contributed by atoms with Gasteiger partial charge in [0.25, 0.3) is 0 Å². The van der Waals surface area contributed by atoms with Gasteiger partial charge in [-0.15, -0.1) is 0 Å². The van der Waals surface area contributed by atoms with E-state index in [1.165, 1.54) is 0 Å². The zero-order valence-corrected chi connectivity index (χ0v) is 17.2. The van der Waals surface area contributed by atoms with Crippen LogP contribution in [0.25, 0.3) is 10.9 Å². The highest BCUT2D eigenvalue weighted by Gasteiger charge is 2.24. The maximum absolute atomic E-state index is 10.9. The molecule has 0 aliphatic carbocycles. The number of piperidine rings is 1. The molecule has 0 spiro atoms. The Morgan fingerprint density at radius 3 is 2.48 bits per heavy atom. The van der Waals surface area contributed by atoms with Crippen molar-refractivity contribution in [1.29, 1.82) is 5.26 Å². The van der Waals surface area contributed by atoms with Gasteiger partial charge in [-0.2, -0.15) is 13.7 Å². The van der Waals surface area contributed by atoms with Crippen LogP contribution in [-0.4, -0.2) is 47.3 Å². The number of aromatic nitrogens is 1. The Balaban J connectivity index is 1.83. The SMILES string of the molecule is COc1cc2ncc(C#N)c(N3CCC(CCOS(N)(=O)=O)CC3)c2cc1OC. The average Bonchev–Trinajstić information content (AvgIpc) is 2.71. The molecule has 0 amide bonds. The number of hydrogen-bond acceptors (Lipinski definition) is 8. The molecular weight excluding hydrogens is 396 g/mol. The van der Waals surface area contributed by atoms with Gasteiger partial charge in [0.1, 0.15) is 6.07 Å². The van der Waals surface area contributed by atoms with Gasteiger partial charge in [0.2, 0.25) is 0 Å². The maximum Gasteiger partial charge on any atom is 0.333 e. The van der Waals surface area contributed by atoms with Crippen LogP contribution in [0.3, 0.4) is 0 Å². The van der Waals surface area contributed by atoms with Gasteiger partial charge in [0.05, 0.1) is 37.6 Å². The number of pyridine rings is 1. The summed E-state index contributed by atoms with van der Waals surface area (Å²) in [6.07, 6.45) is 3.92. The lowest BCUT2D eigenvalue weighted by Crippen LogP contribution is -2.35. The standard InChI is InChI=1S/C19H24N4O5S/c1-26-17-9-15-16(10-18(17)27-2)22-12-14(11-20)19(15)23-6-3-13(4-7-23)5-8-28-29(21,24)25/h9-10,12-13H,3-8H2,1-2H3,(H2,21,24,25). The first-order valence-electron chi connectivity index (χ1n) is 9.23. The Hall–Kier alpha value is -2.61. The van der Waals surface area contributed by atoms with E-state index in [0.717, 1.165) is 42.5 Å². The topological polar surface area (TPSA) is 128 Å². The van der Waals surface area contributed by atoms with Crippen molar-refractivity contribution in [2.24, 2.45) is 11.1 Å². The summed E-state index contributed by atoms with van der Waals surface area (Å²) in [5, 5.41) is 15.3. The number of nitriles is 1. The number of nitrogens with zero attached hydrogens (tertiary/aromatic N) is 3. The quantitative estimate of drug-likeness (QED) is 0.720. The molecule has 0 unspecified atom stereocenters. The van der Waals surface area contributed by atoms with Crippen molar-refractivity contribution in [3.05, 3.63) is 23.9 Å². The maximum atomic E-state index is 10.9. The third kappa shape index (κ3) is 4.87. The van der Waals surface area contributed by atoms with Gasteiger partial charge in [0, 0.05) is 30.7 Å². The van der Waals surface area contributed by atoms with Crippen molar-refractivity contribution in [3.8, 4) is 17.6 Å². The van der Waals surface area contributed by atoms with E-state index in [1.54, 1.807) is 26.5 Å². The van der Waals surface area contributed by atoms with Crippen LogP contribution in [0.15, 0.2) is 18.3 Å². The lowest BCUT2D eigenvalue weighted by atomic mass is 9.93. The van der Waals surface area contributed by atoms with Crippen LogP contribution in [0.4, 0.5) is 5.69 Å². The van der Waals surface area contributed by atoms with E-state index in [-0.39, 0.29) is 6.61 Å². The summed E-state index contributed by atoms with van der Waals surface area (Å²) in [7, 11) is -0.762. The van der Waals surface area contributed by atoms with E-state index >= 15 is 0 Å². The molecule has 1 fully saturated rings. The van der Waals surface area contributed by atoms with Gasteiger partial charge in [-0.1, -0.05) is 0 Å². The average molecular weight is 420 g/mol. The van der Waals surface area contributed by atoms with Crippen molar-refractivity contribution in [2.75, 3.05) is 38.8 Å². The number of anilines is 1. The van der Waals surface area contributed by atoms with Crippen LogP contribution < -0.4 is 19.5 Å². The third-order valence-electron chi connectivity index (χ3n) is 5.17. The molecule has 0 radical (unpaired) electrons. The molecule has 2 heterocycles. The van der Waals surface area contributed by atoms with Crippen LogP contribution in [0.5, 0.6) is 11.5 Å². The lowest BCUT2D eigenvalue weighted by molar-refractivity contribution is 0.262. The Kier molecular flexibility index (Phi) is 6.42. The molecule has 1 aliphatic rings. The highest BCUT2D eigenvalue weighted by Crippen LogP contribution is 2.38. The van der Waals surface area contributed by atoms with Crippen molar-refractivity contribution in [3.63, 3.8) is 0 Å². The summed E-state index contributed by atoms with van der Waals surface area (Å²) in [4.78, 5) is 6.57. The molecule has 1 aromatic carbocycles. The van der Waals surface area contributed by atoms with Gasteiger partial charge in [-0.05, 0) is 31.2 Å². The Morgan fingerprint density at radius 1 is 1.24 bits per heavy atom. The van der Waals surface area contributed by atoms with Crippen molar-refractivity contribution < 1.29 is 22.1 Å². The number of methoxy groups -OCH3 is 2. The van der Waals surface area contributed by atoms with E-state index in [2.05, 4.69) is 20.1 Å². The second-order valence-electron chi connectivity index (χ2n) is 6.89. The molecule has 0 atom stereocenters. The molecule has 10 heteroatoms. The zero-order valence-electron chi connectivity index (χ0n) is 16.4. The van der Waals surface area contributed by atoms with E-state index in [1.807, 2.05) is 6.07 Å². The van der Waals surface area contributed by atoms with Crippen LogP contribution in [0.2, 0.25) is 0 Å². The van der Waals surface area contributed by atoms with Crippen LogP contribution >= 0.6 is 0 Å². The minimum Gasteiger partial charge on any atom is -0.493 e. The third-order valence-corrected chi connectivity index (χ3v) is 5.66. The molecule has 3 rings (SSSR count). The minimum absolute atomic E-state index is 0.0854. The fourth-order valence-electron chi connectivity index (χ4n) is 3.70. The van der Waals surface area contributed by atoms with E-state index in [0.29, 0.717) is 29.4 Å². The van der Waals surface area contributed by atoms with Crippen molar-refractivity contribution in [1.82, 2.24) is 4.98 Å². The minimum atomic E-state index is -3.90. The Bertz CT molecular complexity index is 1030. The summed E-state index contributed by atoms with van der Waals surface area (Å²) < 4.78 is 37.2. The molecule has 29 heavy (non-hydrogen) atoms. The predicted octanol–water partition coefficient (Wildman–Crippen LogP) is 1.95. The van der Waals surface area contributed by atoms with E-state index in [4.69, 9.17) is 14.6 Å². The molecule has 1 aliphatic heterocycles. The number of nitrogens with two attached hydrogens (primary N) is 1. The summed E-state index contributed by atoms with van der Waals surface area (Å²) in [6.45, 7) is 1.56. The van der Waals surface area contributed by atoms with Crippen LogP contribution in [0.1, 0.15) is 24.8 Å². The highest BCUT2D eigenvalue weighted by atomic mass is 32.2. The van der Waals surface area contributed by atoms with Gasteiger partial charge in [-0.3, -0.25) is 9.17 Å². The predicted molar refractivity (Wildman–Crippen MR) is 108 cm³/mol. The first kappa shape index (κ1) is 21.1. The molecule has 156 valence electrons. The van der Waals surface area contributed by atoms with Crippen molar-refractivity contribution >= 4 is 26.9 Å². The molecule has 2 aromatic rings. The van der Waals surface area contributed by atoms with E-state index in [9.17, 15) is 13.7 Å². The summed E-state index contributed by atoms with van der Waals surface area (Å²) in [5.74, 6) is 1.49. The smallest absolute Gasteiger partial charge is 0.333 e. The van der Waals surface area contributed by atoms with Gasteiger partial charge < -0.3 is 14.4 Å². The normalized spacial score (nSPS) is 15.3. The van der Waals surface area contributed by atoms with Crippen LogP contribution in [-0.2, 0) is 14.5 Å². The fourth-order valence-corrected chi connectivity index (χ4v) is 4.03. The number of benzene rings is 1. The Labute approximate surface area is 170 Å². The van der Waals surface area contributed by atoms with E-state index < -0.39 is 10.3 Å². The second-order valence-corrected chi connectivity index (χ2v) is 8.11. The molecule has 9 nitrogen and oxygen atoms in total. The highest BCUT2D eigenvalue weighted by molar-refractivity contribution is 7.84. The lowest BCUT2D eigenvalue weighted by Gasteiger charge is -2.34. The number of hydrogen-bond donors (Lipinski definition) is 1. The number of ether oxygens (including phenoxy) is 2. The van der Waals surface area contributed by atoms with Crippen molar-refractivity contribution in [2.45, 2.75) is 19.3 Å². The first-order valence-corrected chi connectivity index (χ1v) is 10.7. The summed E-state index contributed by atoms with van der Waals surface area (Å²) in [5.41, 5.74) is 2.05. The molecular formula is C19H24N4O5S. The van der Waals surface area contributed by atoms with Gasteiger partial charge >= 0.3 is 10.3 Å². The molecule has 2 N–H and O–H groups in total. The number of rotatable bonds is 7. The first-order chi connectivity index (χ1) is 13.9. The molecule has 0 bridgehead atoms. The van der Waals surface area contributed by atoms with Gasteiger partial charge in [-0.25, -0.2) is 5.14 Å². The monoisotopic (exact) mass is 420 g/mol.